The van der Waals surface area contributed by atoms with Gasteiger partial charge in [0.15, 0.2) is 0 Å². The second-order valence-corrected chi connectivity index (χ2v) is 14.7. The van der Waals surface area contributed by atoms with Crippen LogP contribution < -0.4 is 0 Å². The van der Waals surface area contributed by atoms with E-state index in [1.807, 2.05) is 13.8 Å². The molecule has 10 heteroatoms. The number of hydrogen-bond donors (Lipinski definition) is 6. The first-order valence-corrected chi connectivity index (χ1v) is 15.5. The summed E-state index contributed by atoms with van der Waals surface area (Å²) in [7, 11) is -4.45. The van der Waals surface area contributed by atoms with Crippen LogP contribution in [0.3, 0.4) is 0 Å². The van der Waals surface area contributed by atoms with E-state index in [4.69, 9.17) is 4.55 Å². The highest BCUT2D eigenvalue weighted by molar-refractivity contribution is 7.80. The summed E-state index contributed by atoms with van der Waals surface area (Å²) in [4.78, 5) is 0. The van der Waals surface area contributed by atoms with Crippen molar-refractivity contribution >= 4 is 10.4 Å². The molecule has 4 aliphatic carbocycles. The highest BCUT2D eigenvalue weighted by Crippen LogP contribution is 2.69. The Hall–Kier alpha value is -0.330. The van der Waals surface area contributed by atoms with Crippen molar-refractivity contribution in [2.75, 3.05) is 6.61 Å². The molecular formula is C27H48O9S. The van der Waals surface area contributed by atoms with Crippen molar-refractivity contribution in [3.8, 4) is 0 Å². The van der Waals surface area contributed by atoms with Crippen LogP contribution in [-0.2, 0) is 14.6 Å². The minimum atomic E-state index is -4.45. The molecule has 0 bridgehead atoms. The monoisotopic (exact) mass is 548 g/mol. The van der Waals surface area contributed by atoms with E-state index < -0.39 is 45.8 Å². The van der Waals surface area contributed by atoms with Crippen LogP contribution in [-0.4, -0.2) is 75.1 Å². The normalized spacial score (nSPS) is 49.6. The van der Waals surface area contributed by atoms with Crippen LogP contribution >= 0.6 is 0 Å². The van der Waals surface area contributed by atoms with E-state index in [2.05, 4.69) is 18.0 Å². The van der Waals surface area contributed by atoms with Crippen LogP contribution in [0.2, 0.25) is 0 Å². The van der Waals surface area contributed by atoms with E-state index in [-0.39, 0.29) is 54.0 Å². The molecule has 4 fully saturated rings. The van der Waals surface area contributed by atoms with Crippen molar-refractivity contribution in [3.05, 3.63) is 0 Å². The first-order valence-electron chi connectivity index (χ1n) is 14.1. The topological polar surface area (TPSA) is 165 Å². The molecule has 0 heterocycles. The highest BCUT2D eigenvalue weighted by atomic mass is 32.3. The van der Waals surface area contributed by atoms with Gasteiger partial charge in [0, 0.05) is 11.8 Å². The zero-order valence-corrected chi connectivity index (χ0v) is 23.5. The van der Waals surface area contributed by atoms with E-state index in [0.717, 1.165) is 25.7 Å². The Kier molecular flexibility index (Phi) is 8.21. The van der Waals surface area contributed by atoms with Gasteiger partial charge in [-0.1, -0.05) is 40.5 Å². The summed E-state index contributed by atoms with van der Waals surface area (Å²) in [6.07, 6.45) is 2.38. The molecule has 0 aromatic rings. The number of hydrogen-bond acceptors (Lipinski definition) is 8. The fourth-order valence-corrected chi connectivity index (χ4v) is 10.0. The largest absolute Gasteiger partial charge is 0.397 e. The Labute approximate surface area is 221 Å². The molecule has 13 atom stereocenters. The third kappa shape index (κ3) is 5.03. The molecule has 0 amide bonds. The molecule has 37 heavy (non-hydrogen) atoms. The SMILES string of the molecule is C[C@@H](CCC[C@@H](C)[C@H]1[C@@H](O)[C@H](O)[C@H]2[C@@H]3C[C@@H](O)[C@@]4(O)C[C@@H](O)CC[C@]4(C)[C@H]3CC[C@]12C)COS(=O)(=O)O. The van der Waals surface area contributed by atoms with E-state index >= 15 is 0 Å². The lowest BCUT2D eigenvalue weighted by atomic mass is 9.42. The summed E-state index contributed by atoms with van der Waals surface area (Å²) >= 11 is 0. The molecule has 4 aliphatic rings. The quantitative estimate of drug-likeness (QED) is 0.250. The molecule has 0 radical (unpaired) electrons. The van der Waals surface area contributed by atoms with Gasteiger partial charge in [0.1, 0.15) is 0 Å². The van der Waals surface area contributed by atoms with E-state index in [9.17, 15) is 34.0 Å². The number of fused-ring (bicyclic) bond motifs is 5. The maximum atomic E-state index is 11.6. The van der Waals surface area contributed by atoms with Crippen LogP contribution in [0, 0.1) is 46.3 Å². The fourth-order valence-electron chi connectivity index (χ4n) is 9.63. The number of aliphatic hydroxyl groups excluding tert-OH is 4. The van der Waals surface area contributed by atoms with E-state index in [1.54, 1.807) is 0 Å². The smallest absolute Gasteiger partial charge is 0.393 e. The minimum absolute atomic E-state index is 0.0197. The standard InChI is InChI=1S/C27H48O9S/c1-15(14-36-37(33,34)35)6-5-7-16(2)21-23(30)24(31)22-18-12-20(29)27(32)13-17(28)8-11-26(27,4)19(18)9-10-25(21,22)3/h15-24,28-32H,5-14H2,1-4H3,(H,33,34,35)/t15-,16+,17-,18+,19-,20+,21-,22+,23+,24+,25+,26+,27-/m0/s1. The third-order valence-corrected chi connectivity index (χ3v) is 11.9. The van der Waals surface area contributed by atoms with Crippen molar-refractivity contribution in [3.63, 3.8) is 0 Å². The molecular weight excluding hydrogens is 500 g/mol. The van der Waals surface area contributed by atoms with Gasteiger partial charge in [-0.3, -0.25) is 4.55 Å². The van der Waals surface area contributed by atoms with Gasteiger partial charge >= 0.3 is 10.4 Å². The Morgan fingerprint density at radius 1 is 1.00 bits per heavy atom. The predicted octanol–water partition coefficient (Wildman–Crippen LogP) is 2.30. The zero-order valence-electron chi connectivity index (χ0n) is 22.7. The molecule has 4 saturated carbocycles. The zero-order chi connectivity index (χ0) is 27.6. The molecule has 4 rings (SSSR count). The minimum Gasteiger partial charge on any atom is -0.393 e. The van der Waals surface area contributed by atoms with Gasteiger partial charge in [0.2, 0.25) is 0 Å². The molecule has 9 nitrogen and oxygen atoms in total. The Bertz CT molecular complexity index is 929. The summed E-state index contributed by atoms with van der Waals surface area (Å²) in [5.74, 6) is -0.142. The molecule has 216 valence electrons. The second kappa shape index (κ2) is 10.3. The van der Waals surface area contributed by atoms with Crippen molar-refractivity contribution < 1.29 is 42.7 Å². The van der Waals surface area contributed by atoms with Gasteiger partial charge in [-0.15, -0.1) is 0 Å². The molecule has 0 aromatic carbocycles. The molecule has 0 saturated heterocycles. The molecule has 0 aliphatic heterocycles. The first kappa shape index (κ1) is 29.6. The lowest BCUT2D eigenvalue weighted by Crippen LogP contribution is -2.69. The van der Waals surface area contributed by atoms with Gasteiger partial charge < -0.3 is 25.5 Å². The van der Waals surface area contributed by atoms with E-state index in [1.165, 1.54) is 0 Å². The van der Waals surface area contributed by atoms with Crippen molar-refractivity contribution in [1.82, 2.24) is 0 Å². The van der Waals surface area contributed by atoms with Crippen LogP contribution in [0.25, 0.3) is 0 Å². The summed E-state index contributed by atoms with van der Waals surface area (Å²) < 4.78 is 34.9. The van der Waals surface area contributed by atoms with Gasteiger partial charge in [0.25, 0.3) is 0 Å². The maximum absolute atomic E-state index is 11.6. The lowest BCUT2D eigenvalue weighted by molar-refractivity contribution is -0.268. The Morgan fingerprint density at radius 3 is 2.32 bits per heavy atom. The average molecular weight is 549 g/mol. The Morgan fingerprint density at radius 2 is 1.68 bits per heavy atom. The Balaban J connectivity index is 1.48. The average Bonchev–Trinajstić information content (AvgIpc) is 2.99. The van der Waals surface area contributed by atoms with Crippen molar-refractivity contribution in [1.29, 1.82) is 0 Å². The van der Waals surface area contributed by atoms with Gasteiger partial charge in [-0.2, -0.15) is 8.42 Å². The van der Waals surface area contributed by atoms with Gasteiger partial charge in [-0.05, 0) is 79.4 Å². The van der Waals surface area contributed by atoms with Gasteiger partial charge in [0.05, 0.1) is 36.6 Å². The third-order valence-electron chi connectivity index (χ3n) is 11.4. The van der Waals surface area contributed by atoms with Crippen LogP contribution in [0.1, 0.15) is 85.5 Å². The molecule has 0 aromatic heterocycles. The highest BCUT2D eigenvalue weighted by Gasteiger charge is 2.70. The number of aliphatic hydroxyl groups is 5. The summed E-state index contributed by atoms with van der Waals surface area (Å²) in [5, 5.41) is 55.9. The fraction of sp³-hybridized carbons (Fsp3) is 1.00. The lowest BCUT2D eigenvalue weighted by Gasteiger charge is -2.65. The summed E-state index contributed by atoms with van der Waals surface area (Å²) in [6.45, 7) is 8.12. The van der Waals surface area contributed by atoms with Crippen molar-refractivity contribution in [2.45, 2.75) is 115 Å². The second-order valence-electron chi connectivity index (χ2n) is 13.6. The van der Waals surface area contributed by atoms with Crippen LogP contribution in [0.4, 0.5) is 0 Å². The molecule has 0 unspecified atom stereocenters. The summed E-state index contributed by atoms with van der Waals surface area (Å²) in [5.41, 5.74) is -2.20. The van der Waals surface area contributed by atoms with Gasteiger partial charge in [-0.25, -0.2) is 4.18 Å². The molecule has 0 spiro atoms. The molecule has 6 N–H and O–H groups in total. The van der Waals surface area contributed by atoms with E-state index in [0.29, 0.717) is 25.7 Å². The van der Waals surface area contributed by atoms with Crippen molar-refractivity contribution in [2.24, 2.45) is 46.3 Å². The van der Waals surface area contributed by atoms with Crippen LogP contribution in [0.15, 0.2) is 0 Å². The maximum Gasteiger partial charge on any atom is 0.397 e. The predicted molar refractivity (Wildman–Crippen MR) is 137 cm³/mol. The summed E-state index contributed by atoms with van der Waals surface area (Å²) in [6, 6.07) is 0. The van der Waals surface area contributed by atoms with Crippen LogP contribution in [0.5, 0.6) is 0 Å². The number of rotatable bonds is 8. The first-order chi connectivity index (χ1) is 17.0.